The first kappa shape index (κ1) is 14.6. The second-order valence-corrected chi connectivity index (χ2v) is 5.30. The van der Waals surface area contributed by atoms with Gasteiger partial charge in [0.1, 0.15) is 12.6 Å². The Morgan fingerprint density at radius 2 is 2.05 bits per heavy atom. The molecule has 7 nitrogen and oxygen atoms in total. The van der Waals surface area contributed by atoms with Crippen molar-refractivity contribution in [1.82, 2.24) is 4.90 Å². The van der Waals surface area contributed by atoms with Crippen LogP contribution in [-0.4, -0.2) is 60.4 Å². The molecule has 2 heterocycles. The minimum absolute atomic E-state index is 0.0658. The van der Waals surface area contributed by atoms with Gasteiger partial charge in [0.15, 0.2) is 11.5 Å². The summed E-state index contributed by atoms with van der Waals surface area (Å²) in [4.78, 5) is 25.2. The summed E-state index contributed by atoms with van der Waals surface area (Å²) in [5, 5.41) is 9.28. The summed E-state index contributed by atoms with van der Waals surface area (Å²) in [5.41, 5.74) is 0. The molecule has 1 N–H and O–H groups in total. The van der Waals surface area contributed by atoms with Gasteiger partial charge in [0, 0.05) is 20.1 Å². The third-order valence-corrected chi connectivity index (χ3v) is 3.95. The topological polar surface area (TPSA) is 85.3 Å². The molecule has 1 saturated heterocycles. The number of carbonyl (C=O) groups is 2. The molecule has 1 aromatic rings. The van der Waals surface area contributed by atoms with E-state index in [1.807, 2.05) is 6.07 Å². The number of fused-ring (bicyclic) bond motifs is 1. The molecule has 1 aromatic carbocycles. The first-order valence-electron chi connectivity index (χ1n) is 7.04. The zero-order valence-corrected chi connectivity index (χ0v) is 12.1. The number of aliphatic carboxylic acids is 1. The molecule has 118 valence electrons. The Morgan fingerprint density at radius 3 is 2.73 bits per heavy atom. The Bertz CT molecular complexity index is 589. The van der Waals surface area contributed by atoms with E-state index in [1.54, 1.807) is 18.2 Å². The minimum atomic E-state index is -1.04. The molecule has 7 heteroatoms. The van der Waals surface area contributed by atoms with Gasteiger partial charge in [0.2, 0.25) is 6.10 Å². The third-order valence-electron chi connectivity index (χ3n) is 3.95. The molecule has 0 saturated carbocycles. The van der Waals surface area contributed by atoms with Crippen molar-refractivity contribution in [2.45, 2.75) is 24.7 Å². The predicted molar refractivity (Wildman–Crippen MR) is 74.9 cm³/mol. The van der Waals surface area contributed by atoms with E-state index in [9.17, 15) is 14.7 Å². The van der Waals surface area contributed by atoms with Gasteiger partial charge in [-0.1, -0.05) is 12.1 Å². The van der Waals surface area contributed by atoms with Crippen molar-refractivity contribution >= 4 is 11.9 Å². The Balaban J connectivity index is 1.75. The average Bonchev–Trinajstić information content (AvgIpc) is 2.98. The van der Waals surface area contributed by atoms with Crippen molar-refractivity contribution in [3.63, 3.8) is 0 Å². The van der Waals surface area contributed by atoms with Crippen molar-refractivity contribution in [3.8, 4) is 11.5 Å². The van der Waals surface area contributed by atoms with Crippen LogP contribution in [0.1, 0.15) is 6.42 Å². The van der Waals surface area contributed by atoms with E-state index in [2.05, 4.69) is 0 Å². The molecule has 0 aliphatic carbocycles. The normalized spacial score (nSPS) is 26.8. The van der Waals surface area contributed by atoms with Crippen LogP contribution in [-0.2, 0) is 14.3 Å². The molecule has 1 fully saturated rings. The largest absolute Gasteiger partial charge is 0.485 e. The Labute approximate surface area is 127 Å². The summed E-state index contributed by atoms with van der Waals surface area (Å²) in [5.74, 6) is -0.356. The van der Waals surface area contributed by atoms with Crippen LogP contribution < -0.4 is 9.47 Å². The van der Waals surface area contributed by atoms with Gasteiger partial charge in [0.25, 0.3) is 5.91 Å². The standard InChI is InChI=1S/C15H17NO6/c1-20-9-6-10(15(18)19)16(7-9)14(17)13-8-21-11-4-2-3-5-12(11)22-13/h2-5,9-10,13H,6-8H2,1H3,(H,18,19). The van der Waals surface area contributed by atoms with Crippen LogP contribution in [0.25, 0.3) is 0 Å². The highest BCUT2D eigenvalue weighted by atomic mass is 16.6. The second-order valence-electron chi connectivity index (χ2n) is 5.30. The van der Waals surface area contributed by atoms with Gasteiger partial charge >= 0.3 is 5.97 Å². The number of para-hydroxylation sites is 2. The first-order chi connectivity index (χ1) is 10.6. The molecule has 3 atom stereocenters. The lowest BCUT2D eigenvalue weighted by atomic mass is 10.2. The Morgan fingerprint density at radius 1 is 1.32 bits per heavy atom. The summed E-state index contributed by atoms with van der Waals surface area (Å²) in [6, 6.07) is 6.18. The van der Waals surface area contributed by atoms with Gasteiger partial charge in [-0.25, -0.2) is 4.79 Å². The van der Waals surface area contributed by atoms with Crippen LogP contribution in [0.2, 0.25) is 0 Å². The lowest BCUT2D eigenvalue weighted by Crippen LogP contribution is -2.50. The summed E-state index contributed by atoms with van der Waals surface area (Å²) in [7, 11) is 1.51. The van der Waals surface area contributed by atoms with Crippen molar-refractivity contribution < 1.29 is 28.9 Å². The number of hydrogen-bond acceptors (Lipinski definition) is 5. The van der Waals surface area contributed by atoms with E-state index in [4.69, 9.17) is 14.2 Å². The summed E-state index contributed by atoms with van der Waals surface area (Å²) >= 11 is 0. The number of carboxylic acid groups (broad SMARTS) is 1. The van der Waals surface area contributed by atoms with Crippen LogP contribution >= 0.6 is 0 Å². The van der Waals surface area contributed by atoms with E-state index in [1.165, 1.54) is 12.0 Å². The number of rotatable bonds is 3. The molecule has 2 aliphatic heterocycles. The monoisotopic (exact) mass is 307 g/mol. The van der Waals surface area contributed by atoms with Gasteiger partial charge in [-0.2, -0.15) is 0 Å². The Kier molecular flexibility index (Phi) is 3.89. The number of amides is 1. The van der Waals surface area contributed by atoms with Crippen LogP contribution in [0, 0.1) is 0 Å². The fraction of sp³-hybridized carbons (Fsp3) is 0.467. The van der Waals surface area contributed by atoms with Crippen LogP contribution in [0.5, 0.6) is 11.5 Å². The highest BCUT2D eigenvalue weighted by molar-refractivity contribution is 5.87. The number of likely N-dealkylation sites (tertiary alicyclic amines) is 1. The van der Waals surface area contributed by atoms with Crippen LogP contribution in [0.3, 0.4) is 0 Å². The number of ether oxygens (including phenoxy) is 3. The SMILES string of the molecule is COC1CC(C(=O)O)N(C(=O)C2COc3ccccc3O2)C1. The van der Waals surface area contributed by atoms with Gasteiger partial charge < -0.3 is 24.2 Å². The smallest absolute Gasteiger partial charge is 0.326 e. The number of carboxylic acids is 1. The fourth-order valence-electron chi connectivity index (χ4n) is 2.77. The lowest BCUT2D eigenvalue weighted by Gasteiger charge is -2.30. The van der Waals surface area contributed by atoms with Gasteiger partial charge in [0.05, 0.1) is 6.10 Å². The molecule has 2 aliphatic rings. The number of nitrogens with zero attached hydrogens (tertiary/aromatic N) is 1. The maximum Gasteiger partial charge on any atom is 0.326 e. The second kappa shape index (κ2) is 5.84. The Hall–Kier alpha value is -2.28. The van der Waals surface area contributed by atoms with E-state index in [0.717, 1.165) is 0 Å². The lowest BCUT2D eigenvalue weighted by molar-refractivity contribution is -0.152. The molecule has 22 heavy (non-hydrogen) atoms. The van der Waals surface area contributed by atoms with Gasteiger partial charge in [-0.3, -0.25) is 4.79 Å². The molecule has 3 rings (SSSR count). The van der Waals surface area contributed by atoms with E-state index >= 15 is 0 Å². The first-order valence-corrected chi connectivity index (χ1v) is 7.04. The van der Waals surface area contributed by atoms with Crippen molar-refractivity contribution in [3.05, 3.63) is 24.3 Å². The number of carbonyl (C=O) groups excluding carboxylic acids is 1. The maximum atomic E-state index is 12.6. The molecular weight excluding hydrogens is 290 g/mol. The molecule has 1 amide bonds. The number of benzene rings is 1. The third kappa shape index (κ3) is 2.59. The van der Waals surface area contributed by atoms with Gasteiger partial charge in [-0.05, 0) is 12.1 Å². The predicted octanol–water partition coefficient (Wildman–Crippen LogP) is 0.527. The highest BCUT2D eigenvalue weighted by Crippen LogP contribution is 2.32. The molecule has 0 aromatic heterocycles. The summed E-state index contributed by atoms with van der Waals surface area (Å²) in [6.45, 7) is 0.310. The van der Waals surface area contributed by atoms with E-state index in [0.29, 0.717) is 11.5 Å². The quantitative estimate of drug-likeness (QED) is 0.876. The van der Waals surface area contributed by atoms with Gasteiger partial charge in [-0.15, -0.1) is 0 Å². The number of methoxy groups -OCH3 is 1. The van der Waals surface area contributed by atoms with Crippen molar-refractivity contribution in [2.75, 3.05) is 20.3 Å². The molecular formula is C15H17NO6. The summed E-state index contributed by atoms with van der Waals surface area (Å²) in [6.07, 6.45) is -0.837. The fourth-order valence-corrected chi connectivity index (χ4v) is 2.77. The van der Waals surface area contributed by atoms with E-state index < -0.39 is 18.1 Å². The van der Waals surface area contributed by atoms with Crippen molar-refractivity contribution in [1.29, 1.82) is 0 Å². The zero-order valence-electron chi connectivity index (χ0n) is 12.1. The number of hydrogen-bond donors (Lipinski definition) is 1. The minimum Gasteiger partial charge on any atom is -0.485 e. The van der Waals surface area contributed by atoms with Crippen LogP contribution in [0.15, 0.2) is 24.3 Å². The molecule has 0 bridgehead atoms. The average molecular weight is 307 g/mol. The highest BCUT2D eigenvalue weighted by Gasteiger charge is 2.43. The molecule has 0 spiro atoms. The zero-order chi connectivity index (χ0) is 15.7. The summed E-state index contributed by atoms with van der Waals surface area (Å²) < 4.78 is 16.4. The van der Waals surface area contributed by atoms with Crippen molar-refractivity contribution in [2.24, 2.45) is 0 Å². The van der Waals surface area contributed by atoms with Crippen LogP contribution in [0.4, 0.5) is 0 Å². The molecule has 3 unspecified atom stereocenters. The maximum absolute atomic E-state index is 12.6. The van der Waals surface area contributed by atoms with E-state index in [-0.39, 0.29) is 31.6 Å². The molecule has 0 radical (unpaired) electrons.